The van der Waals surface area contributed by atoms with Crippen molar-refractivity contribution in [2.45, 2.75) is 50.4 Å². The molecule has 8 heteroatoms. The lowest BCUT2D eigenvalue weighted by Gasteiger charge is -2.29. The van der Waals surface area contributed by atoms with Crippen molar-refractivity contribution in [2.75, 3.05) is 19.5 Å². The molecule has 2 atom stereocenters. The third kappa shape index (κ3) is 5.07. The molecule has 152 valence electrons. The molecule has 0 spiro atoms. The summed E-state index contributed by atoms with van der Waals surface area (Å²) in [4.78, 5) is 29.9. The van der Waals surface area contributed by atoms with Crippen LogP contribution in [-0.2, 0) is 16.1 Å². The van der Waals surface area contributed by atoms with Crippen LogP contribution in [0, 0.1) is 5.92 Å². The molecule has 2 unspecified atom stereocenters. The molecule has 1 aromatic carbocycles. The second-order valence-electron chi connectivity index (χ2n) is 7.23. The number of aromatic nitrogens is 2. The van der Waals surface area contributed by atoms with E-state index < -0.39 is 0 Å². The van der Waals surface area contributed by atoms with Gasteiger partial charge in [0, 0.05) is 18.2 Å². The highest BCUT2D eigenvalue weighted by Gasteiger charge is 2.23. The molecule has 1 N–H and O–H groups in total. The first-order valence-electron chi connectivity index (χ1n) is 9.61. The number of benzene rings is 1. The summed E-state index contributed by atoms with van der Waals surface area (Å²) in [6, 6.07) is 5.27. The van der Waals surface area contributed by atoms with Crippen LogP contribution in [0.2, 0.25) is 5.02 Å². The van der Waals surface area contributed by atoms with E-state index in [1.165, 1.54) is 18.2 Å². The lowest BCUT2D eigenvalue weighted by molar-refractivity contribution is -0.119. The van der Waals surface area contributed by atoms with Gasteiger partial charge in [-0.3, -0.25) is 14.2 Å². The Morgan fingerprint density at radius 1 is 1.39 bits per heavy atom. The summed E-state index contributed by atoms with van der Waals surface area (Å²) in [5.41, 5.74) is 0.387. The van der Waals surface area contributed by atoms with Gasteiger partial charge in [0.25, 0.3) is 5.56 Å². The topological polar surface area (TPSA) is 73.2 Å². The Kier molecular flexibility index (Phi) is 7.37. The minimum absolute atomic E-state index is 0.0255. The maximum Gasteiger partial charge on any atom is 0.262 e. The zero-order valence-corrected chi connectivity index (χ0v) is 17.8. The van der Waals surface area contributed by atoms with Crippen LogP contribution in [0.25, 0.3) is 10.9 Å². The van der Waals surface area contributed by atoms with E-state index in [1.807, 2.05) is 0 Å². The molecule has 1 aliphatic carbocycles. The van der Waals surface area contributed by atoms with Gasteiger partial charge in [0.2, 0.25) is 5.91 Å². The number of rotatable bonds is 7. The van der Waals surface area contributed by atoms with Crippen molar-refractivity contribution in [3.8, 4) is 0 Å². The van der Waals surface area contributed by atoms with Gasteiger partial charge < -0.3 is 10.1 Å². The van der Waals surface area contributed by atoms with Gasteiger partial charge >= 0.3 is 0 Å². The quantitative estimate of drug-likeness (QED) is 0.545. The van der Waals surface area contributed by atoms with Crippen LogP contribution in [0.5, 0.6) is 0 Å². The molecule has 1 aromatic heterocycles. The summed E-state index contributed by atoms with van der Waals surface area (Å²) >= 11 is 7.33. The van der Waals surface area contributed by atoms with Gasteiger partial charge in [-0.1, -0.05) is 43.1 Å². The highest BCUT2D eigenvalue weighted by molar-refractivity contribution is 7.99. The third-order valence-corrected chi connectivity index (χ3v) is 6.40. The fourth-order valence-electron chi connectivity index (χ4n) is 3.57. The van der Waals surface area contributed by atoms with E-state index in [2.05, 4.69) is 17.2 Å². The summed E-state index contributed by atoms with van der Waals surface area (Å²) < 4.78 is 6.70. The van der Waals surface area contributed by atoms with Crippen molar-refractivity contribution in [3.05, 3.63) is 33.6 Å². The van der Waals surface area contributed by atoms with Gasteiger partial charge in [-0.15, -0.1) is 0 Å². The van der Waals surface area contributed by atoms with Gasteiger partial charge in [0.1, 0.15) is 0 Å². The maximum atomic E-state index is 12.9. The molecule has 1 amide bonds. The SMILES string of the molecule is COCCn1c(SCC(=O)NC2CCCCC2C)nc2cc(Cl)ccc2c1=O. The Bertz CT molecular complexity index is 902. The molecular weight excluding hydrogens is 398 g/mol. The van der Waals surface area contributed by atoms with Crippen molar-refractivity contribution in [3.63, 3.8) is 0 Å². The number of methoxy groups -OCH3 is 1. The van der Waals surface area contributed by atoms with E-state index in [0.717, 1.165) is 19.3 Å². The Labute approximate surface area is 174 Å². The first-order chi connectivity index (χ1) is 13.5. The monoisotopic (exact) mass is 423 g/mol. The number of carbonyl (C=O) groups is 1. The zero-order chi connectivity index (χ0) is 20.1. The molecule has 2 aromatic rings. The summed E-state index contributed by atoms with van der Waals surface area (Å²) in [5.74, 6) is 0.695. The summed E-state index contributed by atoms with van der Waals surface area (Å²) in [6.07, 6.45) is 4.58. The lowest BCUT2D eigenvalue weighted by Crippen LogP contribution is -2.42. The van der Waals surface area contributed by atoms with Crippen LogP contribution in [0.3, 0.4) is 0 Å². The zero-order valence-electron chi connectivity index (χ0n) is 16.2. The number of hydrogen-bond acceptors (Lipinski definition) is 5. The molecule has 0 aliphatic heterocycles. The van der Waals surface area contributed by atoms with E-state index in [0.29, 0.717) is 40.2 Å². The molecule has 0 saturated heterocycles. The average Bonchev–Trinajstić information content (AvgIpc) is 2.67. The Hall–Kier alpha value is -1.57. The molecule has 6 nitrogen and oxygen atoms in total. The van der Waals surface area contributed by atoms with Gasteiger partial charge in [0.05, 0.1) is 29.8 Å². The number of nitrogens with one attached hydrogen (secondary N) is 1. The Morgan fingerprint density at radius 2 is 2.18 bits per heavy atom. The predicted molar refractivity (Wildman–Crippen MR) is 113 cm³/mol. The second kappa shape index (κ2) is 9.76. The molecule has 3 rings (SSSR count). The number of carbonyl (C=O) groups excluding carboxylic acids is 1. The van der Waals surface area contributed by atoms with Crippen LogP contribution < -0.4 is 10.9 Å². The fraction of sp³-hybridized carbons (Fsp3) is 0.550. The van der Waals surface area contributed by atoms with Gasteiger partial charge in [-0.2, -0.15) is 0 Å². The second-order valence-corrected chi connectivity index (χ2v) is 8.61. The maximum absolute atomic E-state index is 12.9. The molecule has 1 heterocycles. The number of hydrogen-bond donors (Lipinski definition) is 1. The van der Waals surface area contributed by atoms with Crippen molar-refractivity contribution in [1.29, 1.82) is 0 Å². The molecule has 1 aliphatic rings. The number of halogens is 1. The van der Waals surface area contributed by atoms with E-state index in [4.69, 9.17) is 16.3 Å². The third-order valence-electron chi connectivity index (χ3n) is 5.19. The highest BCUT2D eigenvalue weighted by Crippen LogP contribution is 2.24. The molecular formula is C20H26ClN3O3S. The lowest BCUT2D eigenvalue weighted by atomic mass is 9.86. The number of amides is 1. The van der Waals surface area contributed by atoms with E-state index in [-0.39, 0.29) is 23.3 Å². The fourth-order valence-corrected chi connectivity index (χ4v) is 4.58. The van der Waals surface area contributed by atoms with Crippen molar-refractivity contribution >= 4 is 40.2 Å². The summed E-state index contributed by atoms with van der Waals surface area (Å²) in [7, 11) is 1.59. The number of fused-ring (bicyclic) bond motifs is 1. The normalized spacial score (nSPS) is 19.7. The van der Waals surface area contributed by atoms with Gasteiger partial charge in [-0.05, 0) is 37.0 Å². The van der Waals surface area contributed by atoms with Crippen LogP contribution in [-0.4, -0.2) is 41.0 Å². The van der Waals surface area contributed by atoms with E-state index in [9.17, 15) is 9.59 Å². The number of nitrogens with zero attached hydrogens (tertiary/aromatic N) is 2. The molecule has 0 bridgehead atoms. The standard InChI is InChI=1S/C20H26ClN3O3S/c1-13-5-3-4-6-16(13)22-18(25)12-28-20-23-17-11-14(21)7-8-15(17)19(26)24(20)9-10-27-2/h7-8,11,13,16H,3-6,9-10,12H2,1-2H3,(H,22,25). The molecule has 1 fully saturated rings. The predicted octanol–water partition coefficient (Wildman–Crippen LogP) is 3.48. The molecule has 0 radical (unpaired) electrons. The largest absolute Gasteiger partial charge is 0.383 e. The van der Waals surface area contributed by atoms with Crippen LogP contribution >= 0.6 is 23.4 Å². The Balaban J connectivity index is 1.78. The van der Waals surface area contributed by atoms with Crippen molar-refractivity contribution in [1.82, 2.24) is 14.9 Å². The van der Waals surface area contributed by atoms with Crippen molar-refractivity contribution < 1.29 is 9.53 Å². The minimum atomic E-state index is -0.150. The minimum Gasteiger partial charge on any atom is -0.383 e. The number of ether oxygens (including phenoxy) is 1. The highest BCUT2D eigenvalue weighted by atomic mass is 35.5. The molecule has 28 heavy (non-hydrogen) atoms. The summed E-state index contributed by atoms with van der Waals surface area (Å²) in [5, 5.41) is 4.67. The molecule has 1 saturated carbocycles. The average molecular weight is 424 g/mol. The first-order valence-corrected chi connectivity index (χ1v) is 11.0. The van der Waals surface area contributed by atoms with E-state index in [1.54, 1.807) is 29.9 Å². The Morgan fingerprint density at radius 3 is 2.93 bits per heavy atom. The number of thioether (sulfide) groups is 1. The van der Waals surface area contributed by atoms with Crippen LogP contribution in [0.15, 0.2) is 28.2 Å². The van der Waals surface area contributed by atoms with E-state index >= 15 is 0 Å². The first kappa shape index (κ1) is 21.1. The van der Waals surface area contributed by atoms with Gasteiger partial charge in [0.15, 0.2) is 5.16 Å². The smallest absolute Gasteiger partial charge is 0.262 e. The van der Waals surface area contributed by atoms with Crippen LogP contribution in [0.4, 0.5) is 0 Å². The van der Waals surface area contributed by atoms with Crippen molar-refractivity contribution in [2.24, 2.45) is 5.92 Å². The summed E-state index contributed by atoms with van der Waals surface area (Å²) in [6.45, 7) is 2.96. The van der Waals surface area contributed by atoms with Crippen LogP contribution in [0.1, 0.15) is 32.6 Å². The van der Waals surface area contributed by atoms with Gasteiger partial charge in [-0.25, -0.2) is 4.98 Å².